The summed E-state index contributed by atoms with van der Waals surface area (Å²) in [5.74, 6) is -0.781. The summed E-state index contributed by atoms with van der Waals surface area (Å²) in [7, 11) is 0. The Hall–Kier alpha value is -1.40. The fourth-order valence-electron chi connectivity index (χ4n) is 1.50. The number of nitrogens with one attached hydrogen (secondary N) is 1. The third-order valence-electron chi connectivity index (χ3n) is 2.24. The fourth-order valence-corrected chi connectivity index (χ4v) is 1.83. The molecule has 0 aliphatic carbocycles. The summed E-state index contributed by atoms with van der Waals surface area (Å²) in [4.78, 5) is 10.3. The maximum absolute atomic E-state index is 10.6. The molecule has 5 nitrogen and oxygen atoms in total. The Labute approximate surface area is 102 Å². The first kappa shape index (κ1) is 13.7. The van der Waals surface area contributed by atoms with Crippen LogP contribution in [0, 0.1) is 0 Å². The number of aryl methyl sites for hydroxylation is 1. The van der Waals surface area contributed by atoms with Crippen molar-refractivity contribution >= 4 is 22.9 Å². The van der Waals surface area contributed by atoms with Crippen LogP contribution in [0.25, 0.3) is 0 Å². The number of aliphatic carboxylic acids is 1. The Morgan fingerprint density at radius 3 is 2.76 bits per heavy atom. The lowest BCUT2D eigenvalue weighted by molar-refractivity contribution is -0.137. The highest BCUT2D eigenvalue weighted by molar-refractivity contribution is 7.80. The molecule has 0 saturated carbocycles. The largest absolute Gasteiger partial charge is 0.481 e. The van der Waals surface area contributed by atoms with E-state index in [4.69, 9.17) is 9.66 Å². The van der Waals surface area contributed by atoms with Crippen LogP contribution in [0.5, 0.6) is 0 Å². The Morgan fingerprint density at radius 1 is 1.35 bits per heavy atom. The predicted molar refractivity (Wildman–Crippen MR) is 66.0 cm³/mol. The second kappa shape index (κ2) is 7.03. The Kier molecular flexibility index (Phi) is 5.65. The van der Waals surface area contributed by atoms with Crippen LogP contribution in [0.3, 0.4) is 0 Å². The predicted octanol–water partition coefficient (Wildman–Crippen LogP) is 2.03. The van der Waals surface area contributed by atoms with Crippen molar-refractivity contribution in [3.8, 4) is 0 Å². The molecule has 1 unspecified atom stereocenters. The molecule has 0 aromatic heterocycles. The molecule has 0 spiro atoms. The van der Waals surface area contributed by atoms with Gasteiger partial charge < -0.3 is 5.11 Å². The second-order valence-corrected chi connectivity index (χ2v) is 4.35. The molecule has 6 heteroatoms. The van der Waals surface area contributed by atoms with Crippen molar-refractivity contribution in [3.05, 3.63) is 29.8 Å². The molecule has 0 aliphatic rings. The molecular weight excluding hydrogens is 242 g/mol. The average molecular weight is 257 g/mol. The Bertz CT molecular complexity index is 408. The van der Waals surface area contributed by atoms with Gasteiger partial charge >= 0.3 is 5.97 Å². The van der Waals surface area contributed by atoms with Crippen LogP contribution in [-0.4, -0.2) is 19.8 Å². The maximum atomic E-state index is 10.6. The number of rotatable bonds is 7. The number of carbonyl (C=O) groups is 1. The van der Waals surface area contributed by atoms with Crippen molar-refractivity contribution in [1.82, 2.24) is 0 Å². The smallest absolute Gasteiger partial charge is 0.303 e. The van der Waals surface area contributed by atoms with E-state index >= 15 is 0 Å². The minimum absolute atomic E-state index is 0.179. The van der Waals surface area contributed by atoms with Crippen LogP contribution >= 0.6 is 0 Å². The van der Waals surface area contributed by atoms with Crippen LogP contribution in [0.15, 0.2) is 24.3 Å². The second-order valence-electron chi connectivity index (χ2n) is 3.65. The Morgan fingerprint density at radius 2 is 2.12 bits per heavy atom. The van der Waals surface area contributed by atoms with Gasteiger partial charge in [0.05, 0.1) is 0 Å². The molecule has 94 valence electrons. The van der Waals surface area contributed by atoms with Gasteiger partial charge in [-0.25, -0.2) is 4.21 Å². The van der Waals surface area contributed by atoms with Crippen molar-refractivity contribution in [2.75, 3.05) is 4.72 Å². The highest BCUT2D eigenvalue weighted by atomic mass is 32.2. The molecule has 1 rings (SSSR count). The van der Waals surface area contributed by atoms with Gasteiger partial charge in [0.2, 0.25) is 0 Å². The normalized spacial score (nSPS) is 12.1. The summed E-state index contributed by atoms with van der Waals surface area (Å²) in [5, 5.41) is 8.48. The minimum Gasteiger partial charge on any atom is -0.481 e. The molecule has 0 saturated heterocycles. The van der Waals surface area contributed by atoms with E-state index in [0.717, 1.165) is 18.4 Å². The number of benzene rings is 1. The monoisotopic (exact) mass is 257 g/mol. The standard InChI is InChI=1S/C11H15NO4S/c13-11(14)7-2-1-4-9-5-3-6-10(8-9)12-17(15)16/h3,5-6,8,12H,1-2,4,7H2,(H,13,14)(H,15,16). The van der Waals surface area contributed by atoms with E-state index in [9.17, 15) is 9.00 Å². The van der Waals surface area contributed by atoms with Crippen LogP contribution < -0.4 is 4.72 Å². The first-order valence-electron chi connectivity index (χ1n) is 5.26. The van der Waals surface area contributed by atoms with Gasteiger partial charge in [-0.1, -0.05) is 12.1 Å². The number of hydrogen-bond acceptors (Lipinski definition) is 2. The van der Waals surface area contributed by atoms with Crippen molar-refractivity contribution in [2.45, 2.75) is 25.7 Å². The molecule has 0 bridgehead atoms. The SMILES string of the molecule is O=C(O)CCCCc1cccc(NS(=O)O)c1. The molecule has 1 aromatic carbocycles. The summed E-state index contributed by atoms with van der Waals surface area (Å²) < 4.78 is 21.6. The Balaban J connectivity index is 2.42. The van der Waals surface area contributed by atoms with E-state index < -0.39 is 17.2 Å². The van der Waals surface area contributed by atoms with Gasteiger partial charge in [0.15, 0.2) is 0 Å². The molecule has 0 aliphatic heterocycles. The topological polar surface area (TPSA) is 86.6 Å². The van der Waals surface area contributed by atoms with E-state index in [2.05, 4.69) is 4.72 Å². The lowest BCUT2D eigenvalue weighted by atomic mass is 10.1. The molecule has 1 aromatic rings. The highest BCUT2D eigenvalue weighted by Gasteiger charge is 2.00. The number of anilines is 1. The number of unbranched alkanes of at least 4 members (excludes halogenated alkanes) is 1. The molecule has 1 atom stereocenters. The molecule has 17 heavy (non-hydrogen) atoms. The number of hydrogen-bond donors (Lipinski definition) is 3. The first-order valence-corrected chi connectivity index (χ1v) is 6.37. The lowest BCUT2D eigenvalue weighted by Gasteiger charge is -2.04. The maximum Gasteiger partial charge on any atom is 0.303 e. The number of carboxylic acid groups (broad SMARTS) is 1. The summed E-state index contributed by atoms with van der Waals surface area (Å²) >= 11 is -2.07. The van der Waals surface area contributed by atoms with Crippen molar-refractivity contribution < 1.29 is 18.7 Å². The van der Waals surface area contributed by atoms with E-state index in [0.29, 0.717) is 12.1 Å². The van der Waals surface area contributed by atoms with Crippen molar-refractivity contribution in [3.63, 3.8) is 0 Å². The van der Waals surface area contributed by atoms with E-state index in [1.165, 1.54) is 0 Å². The molecule has 0 heterocycles. The van der Waals surface area contributed by atoms with Crippen LogP contribution in [0.4, 0.5) is 5.69 Å². The third-order valence-corrected chi connectivity index (χ3v) is 2.65. The molecule has 0 amide bonds. The first-order chi connectivity index (χ1) is 8.08. The van der Waals surface area contributed by atoms with Gasteiger partial charge in [-0.3, -0.25) is 14.1 Å². The van der Waals surface area contributed by atoms with Gasteiger partial charge in [-0.15, -0.1) is 0 Å². The quantitative estimate of drug-likeness (QED) is 0.515. The molecule has 0 radical (unpaired) electrons. The summed E-state index contributed by atoms with van der Waals surface area (Å²) in [6.45, 7) is 0. The van der Waals surface area contributed by atoms with E-state index in [1.807, 2.05) is 6.07 Å². The molecule has 3 N–H and O–H groups in total. The van der Waals surface area contributed by atoms with E-state index in [-0.39, 0.29) is 6.42 Å². The highest BCUT2D eigenvalue weighted by Crippen LogP contribution is 2.13. The van der Waals surface area contributed by atoms with Gasteiger partial charge in [-0.05, 0) is 37.0 Å². The van der Waals surface area contributed by atoms with E-state index in [1.54, 1.807) is 18.2 Å². The zero-order chi connectivity index (χ0) is 12.7. The van der Waals surface area contributed by atoms with Crippen molar-refractivity contribution in [2.24, 2.45) is 0 Å². The zero-order valence-corrected chi connectivity index (χ0v) is 10.1. The van der Waals surface area contributed by atoms with Gasteiger partial charge in [0, 0.05) is 12.1 Å². The lowest BCUT2D eigenvalue weighted by Crippen LogP contribution is -2.02. The van der Waals surface area contributed by atoms with Crippen LogP contribution in [-0.2, 0) is 22.5 Å². The molecular formula is C11H15NO4S. The average Bonchev–Trinajstić information content (AvgIpc) is 2.24. The summed E-state index contributed by atoms with van der Waals surface area (Å²) in [6, 6.07) is 7.19. The summed E-state index contributed by atoms with van der Waals surface area (Å²) in [5.41, 5.74) is 1.60. The van der Waals surface area contributed by atoms with Gasteiger partial charge in [0.25, 0.3) is 11.3 Å². The van der Waals surface area contributed by atoms with Crippen molar-refractivity contribution in [1.29, 1.82) is 0 Å². The fraction of sp³-hybridized carbons (Fsp3) is 0.364. The van der Waals surface area contributed by atoms with Gasteiger partial charge in [-0.2, -0.15) is 0 Å². The minimum atomic E-state index is -2.07. The molecule has 0 fully saturated rings. The summed E-state index contributed by atoms with van der Waals surface area (Å²) in [6.07, 6.45) is 2.37. The van der Waals surface area contributed by atoms with Crippen LogP contribution in [0.2, 0.25) is 0 Å². The zero-order valence-electron chi connectivity index (χ0n) is 9.26. The number of carboxylic acids is 1. The van der Waals surface area contributed by atoms with Crippen LogP contribution in [0.1, 0.15) is 24.8 Å². The van der Waals surface area contributed by atoms with Gasteiger partial charge in [0.1, 0.15) is 0 Å². The third kappa shape index (κ3) is 6.03.